The van der Waals surface area contributed by atoms with E-state index in [2.05, 4.69) is 192 Å². The highest BCUT2D eigenvalue weighted by Gasteiger charge is 2.52. The Morgan fingerprint density at radius 1 is 0.239 bits per heavy atom. The molecule has 134 heavy (non-hydrogen) atoms. The summed E-state index contributed by atoms with van der Waals surface area (Å²) in [5.41, 5.74) is 5.30. The van der Waals surface area contributed by atoms with Gasteiger partial charge in [0.15, 0.2) is 11.5 Å². The van der Waals surface area contributed by atoms with Gasteiger partial charge in [-0.2, -0.15) is 0 Å². The van der Waals surface area contributed by atoms with E-state index in [0.29, 0.717) is 61.7 Å². The van der Waals surface area contributed by atoms with Gasteiger partial charge in [-0.05, 0) is 197 Å². The van der Waals surface area contributed by atoms with Gasteiger partial charge in [0.2, 0.25) is 0 Å². The first-order valence-corrected chi connectivity index (χ1v) is 60.1. The molecule has 4 amide bonds. The minimum absolute atomic E-state index is 0.0606. The molecule has 10 aromatic heterocycles. The van der Waals surface area contributed by atoms with Crippen LogP contribution in [0.25, 0.3) is 101 Å². The largest absolute Gasteiger partial charge is 0.489 e. The zero-order valence-electron chi connectivity index (χ0n) is 82.1. The molecule has 0 saturated heterocycles. The number of nitrogens with zero attached hydrogens (tertiary/aromatic N) is 4. The molecule has 4 unspecified atom stereocenters. The summed E-state index contributed by atoms with van der Waals surface area (Å²) in [6.07, 6.45) is 42.4. The van der Waals surface area contributed by atoms with Gasteiger partial charge in [-0.3, -0.25) is 19.2 Å². The molecule has 20 heteroatoms. The van der Waals surface area contributed by atoms with E-state index in [-0.39, 0.29) is 47.3 Å². The van der Waals surface area contributed by atoms with E-state index in [4.69, 9.17) is 9.47 Å². The van der Waals surface area contributed by atoms with Crippen LogP contribution >= 0.6 is 113 Å². The van der Waals surface area contributed by atoms with Crippen LogP contribution in [0.5, 0.6) is 11.5 Å². The van der Waals surface area contributed by atoms with Gasteiger partial charge in [-0.1, -0.05) is 263 Å². The number of amides is 4. The Labute approximate surface area is 841 Å². The molecule has 11 aromatic rings. The number of rotatable bonds is 60. The number of hydrogen-bond donors (Lipinski definition) is 0. The molecule has 0 fully saturated rings. The minimum Gasteiger partial charge on any atom is -0.489 e. The first kappa shape index (κ1) is 102. The summed E-state index contributed by atoms with van der Waals surface area (Å²) in [6.45, 7) is 30.5. The third-order valence-electron chi connectivity index (χ3n) is 28.1. The normalized spacial score (nSPS) is 15.2. The smallest absolute Gasteiger partial charge is 0.261 e. The average molecular weight is 1990 g/mol. The van der Waals surface area contributed by atoms with Gasteiger partial charge < -0.3 is 29.1 Å². The standard InChI is InChI=1S/C114H146N4O6S10/c1-13-25-33-37-39-43-67-123-107-81-69-97(91-61-65-95(131-91)105-101-99(111(119)117(105)73-77(23-11)47-31-19-7)103(115(113(101)121)71-75(21-9)45-29-17-5)93-63-59-89(129-93)87-57-55-85(127-87)83-53-51-79(125-83)49-41-35-27-15-3)133-109(81)110-82(108(107)124-68-44-40-38-34-26-14-2)70-98(134-110)92-62-66-96(132-92)106-102-100(112(120)118(106)74-78(24-12)48-32-20-8)104(116(114(102)122)72-76(22-10)46-30-18-6)94-64-60-90(130-94)88-58-56-86(128-88)84-54-52-80(126-84)50-42-36-28-16-4/h51-66,69-70,75-78H,13-50,67-68,71-74H2,1-12H3. The van der Waals surface area contributed by atoms with Crippen molar-refractivity contribution >= 4 is 180 Å². The van der Waals surface area contributed by atoms with Gasteiger partial charge in [-0.15, -0.1) is 113 Å². The van der Waals surface area contributed by atoms with Crippen molar-refractivity contribution in [1.82, 2.24) is 19.6 Å². The highest BCUT2D eigenvalue weighted by atomic mass is 32.1. The summed E-state index contributed by atoms with van der Waals surface area (Å²) >= 11 is 18.0. The zero-order chi connectivity index (χ0) is 93.7. The lowest BCUT2D eigenvalue weighted by Gasteiger charge is -2.29. The maximum absolute atomic E-state index is 16.3. The van der Waals surface area contributed by atoms with Crippen molar-refractivity contribution in [1.29, 1.82) is 0 Å². The molecular formula is C114H146N4O6S10. The lowest BCUT2D eigenvalue weighted by molar-refractivity contribution is -0.124. The van der Waals surface area contributed by atoms with Crippen molar-refractivity contribution in [2.75, 3.05) is 39.4 Å². The molecule has 0 bridgehead atoms. The molecule has 14 heterocycles. The van der Waals surface area contributed by atoms with E-state index in [1.54, 1.807) is 68.0 Å². The van der Waals surface area contributed by atoms with E-state index >= 15 is 19.2 Å². The van der Waals surface area contributed by atoms with Gasteiger partial charge in [-0.25, -0.2) is 0 Å². The Hall–Kier alpha value is -6.82. The molecule has 0 saturated carbocycles. The molecule has 15 rings (SSSR count). The van der Waals surface area contributed by atoms with Crippen LogP contribution in [0.2, 0.25) is 0 Å². The molecule has 4 atom stereocenters. The Bertz CT molecular complexity index is 5530. The number of hydrogen-bond acceptors (Lipinski definition) is 16. The van der Waals surface area contributed by atoms with E-state index in [1.165, 1.54) is 142 Å². The maximum atomic E-state index is 16.3. The molecular weight excluding hydrogens is 1840 g/mol. The lowest BCUT2D eigenvalue weighted by Crippen LogP contribution is -2.34. The van der Waals surface area contributed by atoms with Crippen LogP contribution in [0.4, 0.5) is 0 Å². The predicted octanol–water partition coefficient (Wildman–Crippen LogP) is 36.8. The summed E-state index contributed by atoms with van der Waals surface area (Å²) < 4.78 is 17.0. The summed E-state index contributed by atoms with van der Waals surface area (Å²) in [6, 6.07) is 40.8. The topological polar surface area (TPSA) is 99.7 Å². The summed E-state index contributed by atoms with van der Waals surface area (Å²) in [5.74, 6) is 2.37. The first-order chi connectivity index (χ1) is 65.6. The van der Waals surface area contributed by atoms with Crippen LogP contribution in [0.3, 0.4) is 0 Å². The molecule has 10 nitrogen and oxygen atoms in total. The second-order valence-corrected chi connectivity index (χ2v) is 48.9. The lowest BCUT2D eigenvalue weighted by atomic mass is 9.98. The number of carbonyl (C=O) groups is 4. The SMILES string of the molecule is CCCCCCCCOc1c(OCCCCCCCC)c2cc(-c3ccc(C4=C5C(=O)N(CC(CC)CCCC)C(c6ccc(-c7ccc(-c8ccc(CCCCCC)s8)s7)s6)=C5C(=O)N4CC(CC)CCCC)s3)sc2c2sc(-c3ccc(C4=C5C(=O)N(CC(CC)CCCC)C(c6ccc(-c7ccc(-c8ccc(CCCCCC)s8)s7)s6)=C5C(=O)N4CC(CC)CCCC)s3)cc12. The highest BCUT2D eigenvalue weighted by Crippen LogP contribution is 2.58. The van der Waals surface area contributed by atoms with Crippen molar-refractivity contribution < 1.29 is 28.7 Å². The molecule has 4 aliphatic heterocycles. The second-order valence-electron chi connectivity index (χ2n) is 38.0. The quantitative estimate of drug-likeness (QED) is 0.0352. The van der Waals surface area contributed by atoms with E-state index < -0.39 is 0 Å². The first-order valence-electron chi connectivity index (χ1n) is 52.0. The number of benzene rings is 1. The van der Waals surface area contributed by atoms with Gasteiger partial charge in [0, 0.05) is 105 Å². The number of ether oxygens (including phenoxy) is 2. The third kappa shape index (κ3) is 23.4. The van der Waals surface area contributed by atoms with Crippen molar-refractivity contribution in [2.45, 2.75) is 327 Å². The second kappa shape index (κ2) is 49.8. The van der Waals surface area contributed by atoms with Crippen LogP contribution in [0, 0.1) is 23.7 Å². The van der Waals surface area contributed by atoms with Gasteiger partial charge in [0.05, 0.1) is 87.2 Å². The Balaban J connectivity index is 0.843. The van der Waals surface area contributed by atoms with Crippen LogP contribution < -0.4 is 9.47 Å². The Morgan fingerprint density at radius 3 is 0.731 bits per heavy atom. The Morgan fingerprint density at radius 2 is 0.463 bits per heavy atom. The average Bonchev–Trinajstić information content (AvgIpc) is 1.56. The molecule has 1 aromatic carbocycles. The molecule has 0 aliphatic carbocycles. The fraction of sp³-hybridized carbons (Fsp3) is 0.526. The van der Waals surface area contributed by atoms with E-state index in [0.717, 1.165) is 244 Å². The van der Waals surface area contributed by atoms with E-state index in [1.807, 2.05) is 64.9 Å². The van der Waals surface area contributed by atoms with Crippen LogP contribution in [-0.2, 0) is 32.0 Å². The summed E-state index contributed by atoms with van der Waals surface area (Å²) in [5, 5.41) is 2.06. The van der Waals surface area contributed by atoms with Crippen LogP contribution in [-0.4, -0.2) is 82.6 Å². The maximum Gasteiger partial charge on any atom is 0.261 e. The van der Waals surface area contributed by atoms with Crippen LogP contribution in [0.15, 0.2) is 131 Å². The predicted molar refractivity (Wildman–Crippen MR) is 587 cm³/mol. The number of carbonyl (C=O) groups excluding carboxylic acids is 4. The third-order valence-corrected chi connectivity index (χ3v) is 40.5. The van der Waals surface area contributed by atoms with Crippen molar-refractivity contribution in [3.63, 3.8) is 0 Å². The number of thiophene rings is 10. The highest BCUT2D eigenvalue weighted by molar-refractivity contribution is 7.33. The van der Waals surface area contributed by atoms with Crippen molar-refractivity contribution in [3.05, 3.63) is 161 Å². The summed E-state index contributed by atoms with van der Waals surface area (Å²) in [4.78, 5) is 94.4. The van der Waals surface area contributed by atoms with Gasteiger partial charge >= 0.3 is 0 Å². The van der Waals surface area contributed by atoms with E-state index in [9.17, 15) is 0 Å². The van der Waals surface area contributed by atoms with Crippen molar-refractivity contribution in [3.8, 4) is 70.0 Å². The monoisotopic (exact) mass is 1990 g/mol. The molecule has 4 aliphatic rings. The molecule has 718 valence electrons. The fourth-order valence-electron chi connectivity index (χ4n) is 19.9. The van der Waals surface area contributed by atoms with Crippen molar-refractivity contribution in [2.24, 2.45) is 23.7 Å². The fourth-order valence-corrected chi connectivity index (χ4v) is 31.3. The molecule has 0 radical (unpaired) electrons. The van der Waals surface area contributed by atoms with Gasteiger partial charge in [0.1, 0.15) is 0 Å². The van der Waals surface area contributed by atoms with Crippen LogP contribution in [0.1, 0.15) is 343 Å². The zero-order valence-corrected chi connectivity index (χ0v) is 90.3. The summed E-state index contributed by atoms with van der Waals surface area (Å²) in [7, 11) is 0. The number of aryl methyl sites for hydroxylation is 2. The minimum atomic E-state index is -0.0606. The Kier molecular flexibility index (Phi) is 37.8. The molecule has 0 spiro atoms. The number of fused-ring (bicyclic) bond motifs is 5. The van der Waals surface area contributed by atoms with Gasteiger partial charge in [0.25, 0.3) is 23.6 Å². The number of unbranched alkanes of at least 4 members (excludes halogenated alkanes) is 20. The molecule has 0 N–H and O–H groups in total.